The van der Waals surface area contributed by atoms with E-state index in [0.717, 1.165) is 0 Å². The van der Waals surface area contributed by atoms with Gasteiger partial charge in [-0.05, 0) is 22.0 Å². The van der Waals surface area contributed by atoms with Crippen molar-refractivity contribution < 1.29 is 9.66 Å². The van der Waals surface area contributed by atoms with Crippen LogP contribution in [0.2, 0.25) is 0 Å². The van der Waals surface area contributed by atoms with E-state index in [-0.39, 0.29) is 11.9 Å². The van der Waals surface area contributed by atoms with Crippen molar-refractivity contribution in [1.29, 1.82) is 0 Å². The first kappa shape index (κ1) is 9.85. The fraction of sp³-hybridized carbons (Fsp3) is 0.444. The molecular weight excluding hydrogens is 198 g/mol. The predicted octanol–water partition coefficient (Wildman–Crippen LogP) is 0.825. The molecule has 0 radical (unpaired) electrons. The van der Waals surface area contributed by atoms with Crippen LogP contribution in [-0.4, -0.2) is 36.2 Å². The molecule has 1 fully saturated rings. The Kier molecular flexibility index (Phi) is 2.51. The molecule has 6 heteroatoms. The number of methoxy groups -OCH3 is 1. The normalized spacial score (nSPS) is 16.2. The zero-order valence-corrected chi connectivity index (χ0v) is 8.29. The van der Waals surface area contributed by atoms with Gasteiger partial charge in [0.05, 0.1) is 6.10 Å². The van der Waals surface area contributed by atoms with Crippen LogP contribution in [0.4, 0.5) is 11.5 Å². The van der Waals surface area contributed by atoms with Gasteiger partial charge in [0.15, 0.2) is 0 Å². The summed E-state index contributed by atoms with van der Waals surface area (Å²) in [6.45, 7) is 1.37. The number of anilines is 1. The maximum absolute atomic E-state index is 10.7. The number of nitro groups is 1. The van der Waals surface area contributed by atoms with Crippen molar-refractivity contribution >= 4 is 11.5 Å². The maximum atomic E-state index is 10.7. The Hall–Kier alpha value is -1.69. The first-order valence-electron chi connectivity index (χ1n) is 4.59. The molecule has 0 bridgehead atoms. The monoisotopic (exact) mass is 209 g/mol. The molecule has 1 aromatic heterocycles. The number of ether oxygens (including phenoxy) is 1. The van der Waals surface area contributed by atoms with Crippen LogP contribution in [0.25, 0.3) is 0 Å². The standard InChI is InChI=1S/C9H11N3O3/c1-15-7-5-11(6-7)8-3-2-4-10-9(8)12(13)14/h2-4,7H,5-6H2,1H3. The molecule has 0 aliphatic carbocycles. The molecule has 0 saturated carbocycles. The summed E-state index contributed by atoms with van der Waals surface area (Å²) in [6, 6.07) is 3.40. The summed E-state index contributed by atoms with van der Waals surface area (Å²) >= 11 is 0. The summed E-state index contributed by atoms with van der Waals surface area (Å²) < 4.78 is 5.11. The highest BCUT2D eigenvalue weighted by atomic mass is 16.6. The van der Waals surface area contributed by atoms with E-state index in [1.165, 1.54) is 6.20 Å². The van der Waals surface area contributed by atoms with Crippen molar-refractivity contribution in [3.05, 3.63) is 28.4 Å². The summed E-state index contributed by atoms with van der Waals surface area (Å²) in [4.78, 5) is 15.9. The van der Waals surface area contributed by atoms with Crippen LogP contribution >= 0.6 is 0 Å². The van der Waals surface area contributed by atoms with Gasteiger partial charge >= 0.3 is 5.82 Å². The molecule has 1 aromatic rings. The molecule has 15 heavy (non-hydrogen) atoms. The quantitative estimate of drug-likeness (QED) is 0.544. The van der Waals surface area contributed by atoms with Crippen LogP contribution in [-0.2, 0) is 4.74 Å². The molecule has 2 rings (SSSR count). The van der Waals surface area contributed by atoms with Gasteiger partial charge in [0.25, 0.3) is 0 Å². The van der Waals surface area contributed by atoms with Gasteiger partial charge in [0, 0.05) is 20.2 Å². The van der Waals surface area contributed by atoms with E-state index < -0.39 is 4.92 Å². The molecular formula is C9H11N3O3. The van der Waals surface area contributed by atoms with Crippen molar-refractivity contribution in [2.75, 3.05) is 25.1 Å². The summed E-state index contributed by atoms with van der Waals surface area (Å²) in [7, 11) is 1.64. The molecule has 2 heterocycles. The van der Waals surface area contributed by atoms with E-state index in [4.69, 9.17) is 4.74 Å². The largest absolute Gasteiger partial charge is 0.387 e. The average Bonchev–Trinajstić information content (AvgIpc) is 2.16. The minimum Gasteiger partial charge on any atom is -0.378 e. The molecule has 0 aromatic carbocycles. The third kappa shape index (κ3) is 1.75. The molecule has 1 aliphatic rings. The molecule has 0 spiro atoms. The first-order chi connectivity index (χ1) is 7.22. The highest BCUT2D eigenvalue weighted by molar-refractivity contribution is 5.60. The second-order valence-corrected chi connectivity index (χ2v) is 3.37. The fourth-order valence-electron chi connectivity index (χ4n) is 1.56. The van der Waals surface area contributed by atoms with Gasteiger partial charge in [-0.15, -0.1) is 0 Å². The molecule has 1 saturated heterocycles. The van der Waals surface area contributed by atoms with E-state index in [9.17, 15) is 10.1 Å². The Morgan fingerprint density at radius 1 is 1.67 bits per heavy atom. The number of rotatable bonds is 3. The Balaban J connectivity index is 2.18. The molecule has 6 nitrogen and oxygen atoms in total. The van der Waals surface area contributed by atoms with E-state index in [1.807, 2.05) is 4.90 Å². The predicted molar refractivity (Wildman–Crippen MR) is 53.9 cm³/mol. The first-order valence-corrected chi connectivity index (χ1v) is 4.59. The third-order valence-electron chi connectivity index (χ3n) is 2.46. The van der Waals surface area contributed by atoms with Gasteiger partial charge in [0.1, 0.15) is 11.9 Å². The van der Waals surface area contributed by atoms with E-state index in [2.05, 4.69) is 4.98 Å². The number of aromatic nitrogens is 1. The van der Waals surface area contributed by atoms with Crippen molar-refractivity contribution in [3.8, 4) is 0 Å². The lowest BCUT2D eigenvalue weighted by Gasteiger charge is -2.39. The number of hydrogen-bond acceptors (Lipinski definition) is 5. The van der Waals surface area contributed by atoms with Gasteiger partial charge in [-0.3, -0.25) is 0 Å². The molecule has 1 aliphatic heterocycles. The second kappa shape index (κ2) is 3.82. The number of pyridine rings is 1. The zero-order chi connectivity index (χ0) is 10.8. The van der Waals surface area contributed by atoms with Crippen LogP contribution < -0.4 is 4.90 Å². The van der Waals surface area contributed by atoms with Crippen LogP contribution in [0.1, 0.15) is 0 Å². The van der Waals surface area contributed by atoms with Gasteiger partial charge < -0.3 is 19.8 Å². The maximum Gasteiger partial charge on any atom is 0.387 e. The molecule has 0 atom stereocenters. The summed E-state index contributed by atoms with van der Waals surface area (Å²) in [5, 5.41) is 10.7. The van der Waals surface area contributed by atoms with Crippen molar-refractivity contribution in [1.82, 2.24) is 4.98 Å². The lowest BCUT2D eigenvalue weighted by molar-refractivity contribution is -0.388. The fourth-order valence-corrected chi connectivity index (χ4v) is 1.56. The van der Waals surface area contributed by atoms with Crippen molar-refractivity contribution in [2.45, 2.75) is 6.10 Å². The van der Waals surface area contributed by atoms with Crippen molar-refractivity contribution in [2.24, 2.45) is 0 Å². The Bertz CT molecular complexity index is 377. The zero-order valence-electron chi connectivity index (χ0n) is 8.29. The van der Waals surface area contributed by atoms with E-state index in [1.54, 1.807) is 19.2 Å². The molecule has 0 N–H and O–H groups in total. The average molecular weight is 209 g/mol. The van der Waals surface area contributed by atoms with Crippen LogP contribution in [0.5, 0.6) is 0 Å². The Morgan fingerprint density at radius 3 is 3.00 bits per heavy atom. The lowest BCUT2D eigenvalue weighted by Crippen LogP contribution is -2.52. The Morgan fingerprint density at radius 2 is 2.40 bits per heavy atom. The van der Waals surface area contributed by atoms with E-state index in [0.29, 0.717) is 18.8 Å². The second-order valence-electron chi connectivity index (χ2n) is 3.37. The lowest BCUT2D eigenvalue weighted by atomic mass is 10.1. The van der Waals surface area contributed by atoms with Gasteiger partial charge in [-0.2, -0.15) is 0 Å². The molecule has 0 unspecified atom stereocenters. The van der Waals surface area contributed by atoms with Gasteiger partial charge in [0.2, 0.25) is 0 Å². The number of nitrogens with zero attached hydrogens (tertiary/aromatic N) is 3. The van der Waals surface area contributed by atoms with Gasteiger partial charge in [-0.25, -0.2) is 0 Å². The van der Waals surface area contributed by atoms with E-state index >= 15 is 0 Å². The Labute approximate surface area is 86.6 Å². The van der Waals surface area contributed by atoms with Crippen LogP contribution in [0.3, 0.4) is 0 Å². The van der Waals surface area contributed by atoms with Gasteiger partial charge in [-0.1, -0.05) is 0 Å². The third-order valence-corrected chi connectivity index (χ3v) is 2.46. The smallest absolute Gasteiger partial charge is 0.378 e. The minimum absolute atomic E-state index is 0.0907. The SMILES string of the molecule is COC1CN(c2cccnc2[N+](=O)[O-])C1. The molecule has 0 amide bonds. The van der Waals surface area contributed by atoms with Crippen molar-refractivity contribution in [3.63, 3.8) is 0 Å². The van der Waals surface area contributed by atoms with Crippen LogP contribution in [0, 0.1) is 10.1 Å². The summed E-state index contributed by atoms with van der Waals surface area (Å²) in [5.41, 5.74) is 0.566. The summed E-state index contributed by atoms with van der Waals surface area (Å²) in [6.07, 6.45) is 1.60. The highest BCUT2D eigenvalue weighted by Crippen LogP contribution is 2.29. The summed E-state index contributed by atoms with van der Waals surface area (Å²) in [5.74, 6) is -0.0907. The minimum atomic E-state index is -0.463. The molecule has 80 valence electrons. The van der Waals surface area contributed by atoms with Crippen LogP contribution in [0.15, 0.2) is 18.3 Å². The number of hydrogen-bond donors (Lipinski definition) is 0. The topological polar surface area (TPSA) is 68.5 Å². The highest BCUT2D eigenvalue weighted by Gasteiger charge is 2.31.